The minimum absolute atomic E-state index is 0.165. The lowest BCUT2D eigenvalue weighted by Gasteiger charge is -2.13. The summed E-state index contributed by atoms with van der Waals surface area (Å²) in [7, 11) is 3.04. The molecule has 0 unspecified atom stereocenters. The van der Waals surface area contributed by atoms with Gasteiger partial charge in [-0.25, -0.2) is 4.68 Å². The number of aryl methyl sites for hydroxylation is 2. The molecule has 4 rings (SSSR count). The molecule has 0 radical (unpaired) electrons. The molecule has 0 spiro atoms. The van der Waals surface area contributed by atoms with Crippen LogP contribution in [0.25, 0.3) is 17.1 Å². The predicted molar refractivity (Wildman–Crippen MR) is 112 cm³/mol. The van der Waals surface area contributed by atoms with Gasteiger partial charge in [0.1, 0.15) is 11.3 Å². The molecule has 8 nitrogen and oxygen atoms in total. The molecule has 1 N–H and O–H groups in total. The number of amides is 1. The molecule has 168 valence electrons. The van der Waals surface area contributed by atoms with Crippen molar-refractivity contribution in [3.8, 4) is 17.1 Å². The Hall–Kier alpha value is -3.21. The monoisotopic (exact) mass is 465 g/mol. The van der Waals surface area contributed by atoms with E-state index in [1.54, 1.807) is 19.3 Å². The van der Waals surface area contributed by atoms with Crippen LogP contribution in [-0.4, -0.2) is 49.5 Å². The lowest BCUT2D eigenvalue weighted by molar-refractivity contribution is -0.138. The highest BCUT2D eigenvalue weighted by Gasteiger charge is 2.43. The number of hydrogen-bond acceptors (Lipinski definition) is 5. The van der Waals surface area contributed by atoms with Gasteiger partial charge in [-0.2, -0.15) is 18.3 Å². The molecular formula is C20H19ClF3N7O. The van der Waals surface area contributed by atoms with E-state index in [1.807, 2.05) is 0 Å². The predicted octanol–water partition coefficient (Wildman–Crippen LogP) is 3.61. The second kappa shape index (κ2) is 7.73. The molecule has 1 saturated carbocycles. The van der Waals surface area contributed by atoms with E-state index < -0.39 is 17.3 Å². The normalized spacial score (nSPS) is 15.3. The van der Waals surface area contributed by atoms with E-state index in [4.69, 9.17) is 11.6 Å². The smallest absolute Gasteiger partial charge is 0.342 e. The summed E-state index contributed by atoms with van der Waals surface area (Å²) in [5.74, 6) is -0.626. The number of aromatic nitrogens is 5. The third-order valence-corrected chi connectivity index (χ3v) is 5.55. The molecule has 1 amide bonds. The standard InChI is InChI=1S/C20H19ClF3N7O/c1-11-16(20(22,23)24)18(30(3)28-11)31-9-15(27-29-31)12-4-5-14(21)13(8-12)17(32)26-19(6-7-19)10-25-2/h4-5,8-10H,6-7H2,1-3H3,(H,26,32). The van der Waals surface area contributed by atoms with Gasteiger partial charge < -0.3 is 5.32 Å². The van der Waals surface area contributed by atoms with Gasteiger partial charge in [0.25, 0.3) is 5.91 Å². The lowest BCUT2D eigenvalue weighted by Crippen LogP contribution is -2.38. The van der Waals surface area contributed by atoms with Gasteiger partial charge in [0.2, 0.25) is 0 Å². The van der Waals surface area contributed by atoms with E-state index in [9.17, 15) is 18.0 Å². The summed E-state index contributed by atoms with van der Waals surface area (Å²) < 4.78 is 42.7. The zero-order chi connectivity index (χ0) is 23.3. The van der Waals surface area contributed by atoms with Crippen molar-refractivity contribution in [2.45, 2.75) is 31.5 Å². The van der Waals surface area contributed by atoms with Crippen LogP contribution in [0.3, 0.4) is 0 Å². The minimum atomic E-state index is -4.61. The van der Waals surface area contributed by atoms with Crippen LogP contribution >= 0.6 is 11.6 Å². The van der Waals surface area contributed by atoms with Crippen LogP contribution in [0.2, 0.25) is 5.02 Å². The van der Waals surface area contributed by atoms with Crippen molar-refractivity contribution in [3.05, 3.63) is 46.2 Å². The van der Waals surface area contributed by atoms with Crippen molar-refractivity contribution in [2.75, 3.05) is 7.05 Å². The van der Waals surface area contributed by atoms with E-state index in [-0.39, 0.29) is 33.7 Å². The Bertz CT molecular complexity index is 1220. The van der Waals surface area contributed by atoms with Gasteiger partial charge in [-0.1, -0.05) is 22.9 Å². The number of benzene rings is 1. The molecule has 0 saturated heterocycles. The number of carbonyl (C=O) groups is 1. The summed E-state index contributed by atoms with van der Waals surface area (Å²) in [6, 6.07) is 4.69. The summed E-state index contributed by atoms with van der Waals surface area (Å²) in [5.41, 5.74) is -0.533. The van der Waals surface area contributed by atoms with E-state index in [0.717, 1.165) is 22.2 Å². The molecule has 1 aromatic carbocycles. The fourth-order valence-electron chi connectivity index (χ4n) is 3.56. The maximum atomic E-state index is 13.5. The number of nitrogens with one attached hydrogen (secondary N) is 1. The van der Waals surface area contributed by atoms with Crippen molar-refractivity contribution >= 4 is 23.7 Å². The molecule has 3 aromatic rings. The van der Waals surface area contributed by atoms with Crippen molar-refractivity contribution in [2.24, 2.45) is 12.0 Å². The number of carbonyl (C=O) groups excluding carboxylic acids is 1. The Morgan fingerprint density at radius 1 is 1.34 bits per heavy atom. The first-order valence-corrected chi connectivity index (χ1v) is 10.0. The molecule has 2 heterocycles. The maximum Gasteiger partial charge on any atom is 0.421 e. The third kappa shape index (κ3) is 3.99. The van der Waals surface area contributed by atoms with Crippen molar-refractivity contribution in [1.82, 2.24) is 30.1 Å². The number of rotatable bonds is 5. The van der Waals surface area contributed by atoms with Crippen molar-refractivity contribution < 1.29 is 18.0 Å². The number of hydrogen-bond donors (Lipinski definition) is 1. The lowest BCUT2D eigenvalue weighted by atomic mass is 10.1. The van der Waals surface area contributed by atoms with Gasteiger partial charge in [0.05, 0.1) is 28.0 Å². The number of aliphatic imine (C=N–C) groups is 1. The highest BCUT2D eigenvalue weighted by molar-refractivity contribution is 6.34. The van der Waals surface area contributed by atoms with E-state index in [1.165, 1.54) is 32.3 Å². The molecule has 12 heteroatoms. The summed E-state index contributed by atoms with van der Waals surface area (Å²) in [6.07, 6.45) is 0.0116. The molecular weight excluding hydrogens is 447 g/mol. The van der Waals surface area contributed by atoms with Gasteiger partial charge in [-0.05, 0) is 31.9 Å². The molecule has 2 aromatic heterocycles. The summed E-state index contributed by atoms with van der Waals surface area (Å²) in [5, 5.41) is 14.9. The molecule has 0 atom stereocenters. The van der Waals surface area contributed by atoms with Crippen LogP contribution in [0.1, 0.15) is 34.5 Å². The van der Waals surface area contributed by atoms with Crippen LogP contribution in [0.4, 0.5) is 13.2 Å². The van der Waals surface area contributed by atoms with E-state index in [2.05, 4.69) is 25.7 Å². The second-order valence-corrected chi connectivity index (χ2v) is 8.05. The zero-order valence-electron chi connectivity index (χ0n) is 17.4. The number of nitrogens with zero attached hydrogens (tertiary/aromatic N) is 6. The number of halogens is 4. The first-order chi connectivity index (χ1) is 15.0. The molecule has 32 heavy (non-hydrogen) atoms. The highest BCUT2D eigenvalue weighted by Crippen LogP contribution is 2.37. The summed E-state index contributed by atoms with van der Waals surface area (Å²) in [4.78, 5) is 16.8. The van der Waals surface area contributed by atoms with Gasteiger partial charge >= 0.3 is 6.18 Å². The second-order valence-electron chi connectivity index (χ2n) is 7.65. The average molecular weight is 466 g/mol. The number of alkyl halides is 3. The summed E-state index contributed by atoms with van der Waals surface area (Å²) in [6.45, 7) is 1.28. The fourth-order valence-corrected chi connectivity index (χ4v) is 3.76. The Labute approximate surface area is 186 Å². The topological polar surface area (TPSA) is 90.0 Å². The summed E-state index contributed by atoms with van der Waals surface area (Å²) >= 11 is 6.23. The zero-order valence-corrected chi connectivity index (χ0v) is 18.2. The van der Waals surface area contributed by atoms with Crippen molar-refractivity contribution in [3.63, 3.8) is 0 Å². The van der Waals surface area contributed by atoms with E-state index >= 15 is 0 Å². The first-order valence-electron chi connectivity index (χ1n) is 9.64. The van der Waals surface area contributed by atoms with Crippen molar-refractivity contribution in [1.29, 1.82) is 0 Å². The van der Waals surface area contributed by atoms with E-state index in [0.29, 0.717) is 5.56 Å². The van der Waals surface area contributed by atoms with Gasteiger partial charge in [-0.15, -0.1) is 5.10 Å². The third-order valence-electron chi connectivity index (χ3n) is 5.22. The van der Waals surface area contributed by atoms with Crippen LogP contribution in [-0.2, 0) is 13.2 Å². The van der Waals surface area contributed by atoms with Crippen LogP contribution < -0.4 is 5.32 Å². The van der Waals surface area contributed by atoms with Crippen LogP contribution in [0, 0.1) is 6.92 Å². The molecule has 1 aliphatic carbocycles. The van der Waals surface area contributed by atoms with Crippen LogP contribution in [0.15, 0.2) is 29.4 Å². The Kier molecular flexibility index (Phi) is 5.32. The first kappa shape index (κ1) is 22.0. The average Bonchev–Trinajstić information content (AvgIpc) is 3.14. The fraction of sp³-hybridized carbons (Fsp3) is 0.350. The van der Waals surface area contributed by atoms with Gasteiger partial charge in [0.15, 0.2) is 5.82 Å². The Balaban J connectivity index is 1.68. The Morgan fingerprint density at radius 3 is 2.69 bits per heavy atom. The molecule has 0 aliphatic heterocycles. The Morgan fingerprint density at radius 2 is 2.06 bits per heavy atom. The molecule has 1 fully saturated rings. The minimum Gasteiger partial charge on any atom is -0.342 e. The largest absolute Gasteiger partial charge is 0.421 e. The van der Waals surface area contributed by atoms with Gasteiger partial charge in [0, 0.05) is 25.9 Å². The molecule has 1 aliphatic rings. The highest BCUT2D eigenvalue weighted by atomic mass is 35.5. The van der Waals surface area contributed by atoms with Crippen LogP contribution in [0.5, 0.6) is 0 Å². The SMILES string of the molecule is CN=CC1(NC(=O)c2cc(-c3cn(-c4c(C(F)(F)F)c(C)nn4C)nn3)ccc2Cl)CC1. The van der Waals surface area contributed by atoms with Gasteiger partial charge in [-0.3, -0.25) is 14.5 Å². The maximum absolute atomic E-state index is 13.5. The quantitative estimate of drug-likeness (QED) is 0.583. The molecule has 0 bridgehead atoms.